The van der Waals surface area contributed by atoms with Crippen molar-refractivity contribution in [1.29, 1.82) is 0 Å². The molecule has 0 amide bonds. The molecule has 1 aromatic carbocycles. The van der Waals surface area contributed by atoms with E-state index in [4.69, 9.17) is 4.52 Å². The highest BCUT2D eigenvalue weighted by molar-refractivity contribution is 7.92. The number of rotatable bonds is 6. The van der Waals surface area contributed by atoms with Crippen LogP contribution in [0, 0.1) is 0 Å². The minimum atomic E-state index is -4.78. The Morgan fingerprint density at radius 2 is 1.90 bits per heavy atom. The lowest BCUT2D eigenvalue weighted by Crippen LogP contribution is -2.27. The van der Waals surface area contributed by atoms with Crippen molar-refractivity contribution in [1.82, 2.24) is 5.16 Å². The lowest BCUT2D eigenvalue weighted by Gasteiger charge is -2.21. The monoisotopic (exact) mass is 432 g/mol. The molecule has 1 aromatic heterocycles. The van der Waals surface area contributed by atoms with Crippen LogP contribution in [0.15, 0.2) is 22.7 Å². The second-order valence-electron chi connectivity index (χ2n) is 6.64. The van der Waals surface area contributed by atoms with Gasteiger partial charge in [0.2, 0.25) is 21.5 Å². The van der Waals surface area contributed by atoms with Crippen LogP contribution in [-0.2, 0) is 16.2 Å². The molecule has 8 nitrogen and oxygen atoms in total. The molecule has 1 heterocycles. The predicted octanol–water partition coefficient (Wildman–Crippen LogP) is 2.90. The highest BCUT2D eigenvalue weighted by atomic mass is 32.2. The number of carboxylic acids is 1. The molecule has 0 spiro atoms. The fraction of sp³-hybridized carbons (Fsp3) is 0.353. The first kappa shape index (κ1) is 20.8. The van der Waals surface area contributed by atoms with Crippen molar-refractivity contribution in [2.24, 2.45) is 0 Å². The fourth-order valence-electron chi connectivity index (χ4n) is 2.77. The van der Waals surface area contributed by atoms with Crippen LogP contribution in [0.2, 0.25) is 0 Å². The van der Waals surface area contributed by atoms with Crippen LogP contribution < -0.4 is 4.31 Å². The molecule has 0 saturated heterocycles. The lowest BCUT2D eigenvalue weighted by molar-refractivity contribution is -0.137. The number of sulfonamides is 1. The van der Waals surface area contributed by atoms with Crippen molar-refractivity contribution in [3.05, 3.63) is 46.3 Å². The Kier molecular flexibility index (Phi) is 4.93. The second-order valence-corrected chi connectivity index (χ2v) is 8.65. The van der Waals surface area contributed by atoms with Crippen LogP contribution in [-0.4, -0.2) is 43.7 Å². The quantitative estimate of drug-likeness (QED) is 0.698. The number of halogens is 3. The number of aromatic carboxylic acids is 1. The maximum absolute atomic E-state index is 13.1. The van der Waals surface area contributed by atoms with Gasteiger partial charge in [0.1, 0.15) is 5.56 Å². The topological polar surface area (TPSA) is 118 Å². The Bertz CT molecular complexity index is 1100. The van der Waals surface area contributed by atoms with Crippen molar-refractivity contribution in [2.45, 2.75) is 24.9 Å². The molecular formula is C17H15F3N2O6S. The number of nitrogens with zero attached hydrogens (tertiary/aromatic N) is 2. The molecule has 2 aromatic rings. The molecule has 3 rings (SSSR count). The Hall–Kier alpha value is -2.89. The van der Waals surface area contributed by atoms with E-state index in [0.29, 0.717) is 29.3 Å². The molecule has 1 aliphatic carbocycles. The van der Waals surface area contributed by atoms with E-state index in [9.17, 15) is 36.3 Å². The standard InChI is InChI=1S/C17H15F3N2O6S/c1-22(29(2,26)27)11-7-9(17(18,19)20)5-6-10(11)14(23)12-13(16(24)25)21-28-15(12)8-3-4-8/h5-8H,3-4H2,1-2H3,(H,24,25). The Balaban J connectivity index is 2.22. The number of carbonyl (C=O) groups is 2. The number of anilines is 1. The summed E-state index contributed by atoms with van der Waals surface area (Å²) < 4.78 is 68.8. The third kappa shape index (κ3) is 3.97. The van der Waals surface area contributed by atoms with Gasteiger partial charge in [0.25, 0.3) is 0 Å². The summed E-state index contributed by atoms with van der Waals surface area (Å²) in [4.78, 5) is 24.6. The lowest BCUT2D eigenvalue weighted by atomic mass is 9.97. The van der Waals surface area contributed by atoms with E-state index in [0.717, 1.165) is 19.4 Å². The number of carboxylic acid groups (broad SMARTS) is 1. The molecule has 29 heavy (non-hydrogen) atoms. The van der Waals surface area contributed by atoms with Gasteiger partial charge in [0.05, 0.1) is 17.5 Å². The maximum atomic E-state index is 13.1. The molecule has 1 N–H and O–H groups in total. The van der Waals surface area contributed by atoms with Crippen molar-refractivity contribution in [3.8, 4) is 0 Å². The fourth-order valence-corrected chi connectivity index (χ4v) is 3.27. The molecule has 1 aliphatic rings. The van der Waals surface area contributed by atoms with Crippen molar-refractivity contribution in [3.63, 3.8) is 0 Å². The zero-order valence-electron chi connectivity index (χ0n) is 15.1. The van der Waals surface area contributed by atoms with Crippen LogP contribution in [0.25, 0.3) is 0 Å². The predicted molar refractivity (Wildman–Crippen MR) is 93.6 cm³/mol. The van der Waals surface area contributed by atoms with Gasteiger partial charge in [-0.3, -0.25) is 9.10 Å². The Morgan fingerprint density at radius 3 is 2.38 bits per heavy atom. The summed E-state index contributed by atoms with van der Waals surface area (Å²) in [6, 6.07) is 1.97. The van der Waals surface area contributed by atoms with Gasteiger partial charge in [0, 0.05) is 18.5 Å². The Morgan fingerprint density at radius 1 is 1.28 bits per heavy atom. The van der Waals surface area contributed by atoms with Crippen molar-refractivity contribution >= 4 is 27.5 Å². The SMILES string of the molecule is CN(c1cc(C(F)(F)F)ccc1C(=O)c1c(C(=O)O)noc1C1CC1)S(C)(=O)=O. The van der Waals surface area contributed by atoms with E-state index in [-0.39, 0.29) is 17.2 Å². The highest BCUT2D eigenvalue weighted by Crippen LogP contribution is 2.43. The number of carbonyl (C=O) groups excluding carboxylic acids is 1. The minimum absolute atomic E-state index is 0.0280. The maximum Gasteiger partial charge on any atom is 0.416 e. The Labute approximate surface area is 163 Å². The van der Waals surface area contributed by atoms with E-state index in [2.05, 4.69) is 5.16 Å². The summed E-state index contributed by atoms with van der Waals surface area (Å²) in [6.45, 7) is 0. The average molecular weight is 432 g/mol. The van der Waals surface area contributed by atoms with Crippen molar-refractivity contribution < 1.29 is 40.8 Å². The molecule has 1 saturated carbocycles. The second kappa shape index (κ2) is 6.87. The smallest absolute Gasteiger partial charge is 0.416 e. The zero-order valence-corrected chi connectivity index (χ0v) is 16.0. The van der Waals surface area contributed by atoms with Gasteiger partial charge >= 0.3 is 12.1 Å². The average Bonchev–Trinajstić information content (AvgIpc) is 3.36. The van der Waals surface area contributed by atoms with E-state index >= 15 is 0 Å². The first-order valence-electron chi connectivity index (χ1n) is 8.25. The first-order chi connectivity index (χ1) is 13.3. The molecule has 156 valence electrons. The van der Waals surface area contributed by atoms with Crippen LogP contribution in [0.4, 0.5) is 18.9 Å². The molecule has 12 heteroatoms. The molecule has 0 bridgehead atoms. The van der Waals surface area contributed by atoms with Gasteiger partial charge < -0.3 is 9.63 Å². The van der Waals surface area contributed by atoms with Crippen LogP contribution >= 0.6 is 0 Å². The number of ketones is 1. The summed E-state index contributed by atoms with van der Waals surface area (Å²) in [6.07, 6.45) is -2.74. The van der Waals surface area contributed by atoms with Gasteiger partial charge in [-0.05, 0) is 31.0 Å². The number of hydrogen-bond donors (Lipinski definition) is 1. The van der Waals surface area contributed by atoms with E-state index < -0.39 is 50.5 Å². The molecular weight excluding hydrogens is 417 g/mol. The molecule has 0 aliphatic heterocycles. The van der Waals surface area contributed by atoms with Crippen molar-refractivity contribution in [2.75, 3.05) is 17.6 Å². The summed E-state index contributed by atoms with van der Waals surface area (Å²) in [5.41, 5.74) is -3.18. The third-order valence-corrected chi connectivity index (χ3v) is 5.69. The summed E-state index contributed by atoms with van der Waals surface area (Å²) in [5, 5.41) is 12.7. The number of hydrogen-bond acceptors (Lipinski definition) is 6. The van der Waals surface area contributed by atoms with Gasteiger partial charge in [0.15, 0.2) is 5.76 Å². The normalized spacial score (nSPS) is 14.7. The molecule has 0 atom stereocenters. The summed E-state index contributed by atoms with van der Waals surface area (Å²) in [5.74, 6) is -2.72. The highest BCUT2D eigenvalue weighted by Gasteiger charge is 2.39. The summed E-state index contributed by atoms with van der Waals surface area (Å²) in [7, 11) is -3.03. The van der Waals surface area contributed by atoms with E-state index in [1.54, 1.807) is 0 Å². The minimum Gasteiger partial charge on any atom is -0.476 e. The van der Waals surface area contributed by atoms with Gasteiger partial charge in [-0.15, -0.1) is 0 Å². The number of aromatic nitrogens is 1. The van der Waals surface area contributed by atoms with Gasteiger partial charge in [-0.25, -0.2) is 13.2 Å². The molecule has 1 fully saturated rings. The van der Waals surface area contributed by atoms with E-state index in [1.807, 2.05) is 0 Å². The summed E-state index contributed by atoms with van der Waals surface area (Å²) >= 11 is 0. The largest absolute Gasteiger partial charge is 0.476 e. The molecule has 0 radical (unpaired) electrons. The number of benzene rings is 1. The number of alkyl halides is 3. The van der Waals surface area contributed by atoms with E-state index in [1.165, 1.54) is 0 Å². The third-order valence-electron chi connectivity index (χ3n) is 4.50. The van der Waals surface area contributed by atoms with Crippen LogP contribution in [0.5, 0.6) is 0 Å². The van der Waals surface area contributed by atoms with Gasteiger partial charge in [-0.1, -0.05) is 5.16 Å². The molecule has 0 unspecified atom stereocenters. The zero-order chi connectivity index (χ0) is 21.7. The first-order valence-corrected chi connectivity index (χ1v) is 10.1. The van der Waals surface area contributed by atoms with Gasteiger partial charge in [-0.2, -0.15) is 13.2 Å². The van der Waals surface area contributed by atoms with Crippen LogP contribution in [0.1, 0.15) is 56.5 Å². The van der Waals surface area contributed by atoms with Crippen LogP contribution in [0.3, 0.4) is 0 Å².